The fourth-order valence-electron chi connectivity index (χ4n) is 4.65. The number of benzene rings is 1. The van der Waals surface area contributed by atoms with E-state index in [-0.39, 0.29) is 46.6 Å². The highest BCUT2D eigenvalue weighted by atomic mass is 19.4. The summed E-state index contributed by atoms with van der Waals surface area (Å²) < 4.78 is 81.0. The number of rotatable bonds is 5. The van der Waals surface area contributed by atoms with E-state index >= 15 is 0 Å². The molecule has 37 heavy (non-hydrogen) atoms. The van der Waals surface area contributed by atoms with Crippen LogP contribution >= 0.6 is 0 Å². The number of pyridine rings is 1. The number of aromatic nitrogens is 3. The number of halogens is 6. The molecule has 1 aliphatic heterocycles. The average Bonchev–Trinajstić information content (AvgIpc) is 3.14. The summed E-state index contributed by atoms with van der Waals surface area (Å²) in [4.78, 5) is 30.0. The van der Waals surface area contributed by atoms with Crippen LogP contribution in [0, 0.1) is 0 Å². The predicted molar refractivity (Wildman–Crippen MR) is 119 cm³/mol. The van der Waals surface area contributed by atoms with Crippen LogP contribution in [-0.2, 0) is 11.0 Å². The van der Waals surface area contributed by atoms with Crippen molar-refractivity contribution in [3.8, 4) is 11.3 Å². The molecule has 2 amide bonds. The monoisotopic (exact) mass is 523 g/mol. The number of hydrogen-bond acceptors (Lipinski definition) is 4. The van der Waals surface area contributed by atoms with Gasteiger partial charge in [0.2, 0.25) is 5.92 Å². The third kappa shape index (κ3) is 4.31. The second kappa shape index (κ2) is 8.32. The van der Waals surface area contributed by atoms with Crippen molar-refractivity contribution in [3.05, 3.63) is 59.6 Å². The van der Waals surface area contributed by atoms with E-state index in [1.54, 1.807) is 0 Å². The second-order valence-corrected chi connectivity index (χ2v) is 9.25. The van der Waals surface area contributed by atoms with Gasteiger partial charge in [0.1, 0.15) is 16.7 Å². The van der Waals surface area contributed by atoms with Crippen LogP contribution in [-0.4, -0.2) is 50.5 Å². The molecular weight excluding hydrogens is 504 g/mol. The van der Waals surface area contributed by atoms with Crippen LogP contribution in [0.2, 0.25) is 0 Å². The number of carbonyl (C=O) groups excluding carboxylic acids is 2. The molecule has 0 unspecified atom stereocenters. The molecule has 2 N–H and O–H groups in total. The molecule has 3 heterocycles. The molecule has 1 aliphatic carbocycles. The number of nitrogens with zero attached hydrogens (tertiary/aromatic N) is 4. The van der Waals surface area contributed by atoms with E-state index in [1.165, 1.54) is 27.8 Å². The van der Waals surface area contributed by atoms with Gasteiger partial charge >= 0.3 is 6.18 Å². The van der Waals surface area contributed by atoms with Crippen molar-refractivity contribution in [3.63, 3.8) is 0 Å². The molecule has 3 aromatic rings. The Bertz CT molecular complexity index is 1430. The summed E-state index contributed by atoms with van der Waals surface area (Å²) in [6.07, 6.45) is -5.51. The highest BCUT2D eigenvalue weighted by molar-refractivity contribution is 6.07. The Kier molecular flexibility index (Phi) is 5.57. The van der Waals surface area contributed by atoms with E-state index in [9.17, 15) is 35.9 Å². The number of fused-ring (bicyclic) bond motifs is 1. The summed E-state index contributed by atoms with van der Waals surface area (Å²) >= 11 is 0. The third-order valence-electron chi connectivity index (χ3n) is 6.66. The van der Waals surface area contributed by atoms with Gasteiger partial charge in [0.05, 0.1) is 17.2 Å². The first-order valence-electron chi connectivity index (χ1n) is 11.2. The molecule has 1 aromatic carbocycles. The smallest absolute Gasteiger partial charge is 0.366 e. The SMILES string of the molecule is C=C(F)C(=O)N1CC(n2nc(-c3ccc(C(F)(F)F)cc3)c3nc(C4CC(F)(F)C4)cc(C(N)=O)c32)C1. The minimum absolute atomic E-state index is 0.0137. The number of amides is 2. The third-order valence-corrected chi connectivity index (χ3v) is 6.66. The quantitative estimate of drug-likeness (QED) is 0.391. The van der Waals surface area contributed by atoms with Gasteiger partial charge in [-0.15, -0.1) is 0 Å². The Morgan fingerprint density at radius 3 is 2.24 bits per heavy atom. The van der Waals surface area contributed by atoms with Gasteiger partial charge < -0.3 is 10.6 Å². The van der Waals surface area contributed by atoms with Crippen molar-refractivity contribution in [2.75, 3.05) is 13.1 Å². The maximum atomic E-state index is 13.6. The molecule has 2 fully saturated rings. The van der Waals surface area contributed by atoms with Crippen LogP contribution in [0.1, 0.15) is 46.4 Å². The van der Waals surface area contributed by atoms with Gasteiger partial charge in [-0.25, -0.2) is 18.2 Å². The summed E-state index contributed by atoms with van der Waals surface area (Å²) in [7, 11) is 0. The van der Waals surface area contributed by atoms with Gasteiger partial charge in [-0.2, -0.15) is 18.3 Å². The number of alkyl halides is 5. The topological polar surface area (TPSA) is 94.1 Å². The van der Waals surface area contributed by atoms with Crippen LogP contribution < -0.4 is 5.73 Å². The lowest BCUT2D eigenvalue weighted by molar-refractivity contribution is -0.137. The number of hydrogen-bond donors (Lipinski definition) is 1. The number of primary amides is 1. The Labute approximate surface area is 205 Å². The fourth-order valence-corrected chi connectivity index (χ4v) is 4.65. The molecule has 2 aromatic heterocycles. The Hall–Kier alpha value is -3.90. The molecule has 1 saturated carbocycles. The van der Waals surface area contributed by atoms with E-state index in [4.69, 9.17) is 5.73 Å². The van der Waals surface area contributed by atoms with Gasteiger partial charge in [0, 0.05) is 43.1 Å². The van der Waals surface area contributed by atoms with Crippen LogP contribution in [0.4, 0.5) is 26.3 Å². The normalized spacial score (nSPS) is 17.9. The summed E-state index contributed by atoms with van der Waals surface area (Å²) in [5.74, 6) is -6.44. The second-order valence-electron chi connectivity index (χ2n) is 9.25. The molecule has 13 heteroatoms. The van der Waals surface area contributed by atoms with E-state index < -0.39 is 60.1 Å². The van der Waals surface area contributed by atoms with Crippen molar-refractivity contribution in [1.82, 2.24) is 19.7 Å². The van der Waals surface area contributed by atoms with Crippen molar-refractivity contribution >= 4 is 22.8 Å². The molecule has 5 rings (SSSR count). The zero-order valence-electron chi connectivity index (χ0n) is 19.0. The van der Waals surface area contributed by atoms with Crippen molar-refractivity contribution in [1.29, 1.82) is 0 Å². The summed E-state index contributed by atoms with van der Waals surface area (Å²) in [5.41, 5.74) is 5.46. The number of likely N-dealkylation sites (tertiary alicyclic amines) is 1. The molecule has 1 saturated heterocycles. The molecule has 0 atom stereocenters. The largest absolute Gasteiger partial charge is 0.416 e. The van der Waals surface area contributed by atoms with E-state index in [1.807, 2.05) is 0 Å². The standard InChI is InChI=1S/C24H19F6N5O2/c1-11(25)22(37)34-9-15(10-34)35-20-16(21(31)36)6-17(13-7-23(26,27)8-13)32-19(20)18(33-35)12-2-4-14(5-3-12)24(28,29)30/h2-6,13,15H,1,7-10H2,(H2,31,36). The van der Waals surface area contributed by atoms with Gasteiger partial charge in [-0.05, 0) is 18.2 Å². The first-order valence-corrected chi connectivity index (χ1v) is 11.2. The van der Waals surface area contributed by atoms with E-state index in [0.29, 0.717) is 0 Å². The minimum atomic E-state index is -4.57. The van der Waals surface area contributed by atoms with E-state index in [2.05, 4.69) is 16.7 Å². The van der Waals surface area contributed by atoms with Crippen LogP contribution in [0.25, 0.3) is 22.3 Å². The van der Waals surface area contributed by atoms with Crippen LogP contribution in [0.15, 0.2) is 42.7 Å². The van der Waals surface area contributed by atoms with Crippen LogP contribution in [0.5, 0.6) is 0 Å². The predicted octanol–water partition coefficient (Wildman–Crippen LogP) is 4.60. The van der Waals surface area contributed by atoms with Crippen molar-refractivity contribution < 1.29 is 35.9 Å². The molecular formula is C24H19F6N5O2. The lowest BCUT2D eigenvalue weighted by atomic mass is 9.78. The van der Waals surface area contributed by atoms with Gasteiger partial charge in [-0.1, -0.05) is 18.7 Å². The Morgan fingerprint density at radius 2 is 1.73 bits per heavy atom. The lowest BCUT2D eigenvalue weighted by Crippen LogP contribution is -2.51. The van der Waals surface area contributed by atoms with E-state index in [0.717, 1.165) is 12.1 Å². The highest BCUT2D eigenvalue weighted by Gasteiger charge is 2.47. The molecule has 0 bridgehead atoms. The minimum Gasteiger partial charge on any atom is -0.366 e. The molecule has 0 spiro atoms. The van der Waals surface area contributed by atoms with Crippen LogP contribution in [0.3, 0.4) is 0 Å². The zero-order chi connectivity index (χ0) is 26.9. The molecule has 2 aliphatic rings. The maximum absolute atomic E-state index is 13.6. The summed E-state index contributed by atoms with van der Waals surface area (Å²) in [5, 5.41) is 4.49. The zero-order valence-corrected chi connectivity index (χ0v) is 19.0. The number of carbonyl (C=O) groups is 2. The lowest BCUT2D eigenvalue weighted by Gasteiger charge is -2.39. The molecule has 194 valence electrons. The summed E-state index contributed by atoms with van der Waals surface area (Å²) in [6.45, 7) is 3.00. The Balaban J connectivity index is 1.64. The first-order chi connectivity index (χ1) is 17.2. The number of nitrogens with two attached hydrogens (primary N) is 1. The fraction of sp³-hybridized carbons (Fsp3) is 0.333. The van der Waals surface area contributed by atoms with Gasteiger partial charge in [-0.3, -0.25) is 14.3 Å². The molecule has 7 nitrogen and oxygen atoms in total. The highest BCUT2D eigenvalue weighted by Crippen LogP contribution is 2.48. The summed E-state index contributed by atoms with van der Waals surface area (Å²) in [6, 6.07) is 4.89. The van der Waals surface area contributed by atoms with Gasteiger partial charge in [0.25, 0.3) is 11.8 Å². The molecule has 0 radical (unpaired) electrons. The van der Waals surface area contributed by atoms with Crippen molar-refractivity contribution in [2.45, 2.75) is 36.9 Å². The van der Waals surface area contributed by atoms with Crippen molar-refractivity contribution in [2.24, 2.45) is 5.73 Å². The first kappa shape index (κ1) is 24.8. The maximum Gasteiger partial charge on any atom is 0.416 e. The Morgan fingerprint density at radius 1 is 1.11 bits per heavy atom. The van der Waals surface area contributed by atoms with Gasteiger partial charge in [0.15, 0.2) is 5.83 Å². The average molecular weight is 523 g/mol.